The van der Waals surface area contributed by atoms with Gasteiger partial charge in [0.2, 0.25) is 0 Å². The van der Waals surface area contributed by atoms with Crippen molar-refractivity contribution in [3.05, 3.63) is 47.3 Å². The molecule has 0 amide bonds. The molecule has 4 nitrogen and oxygen atoms in total. The zero-order valence-electron chi connectivity index (χ0n) is 13.0. The molecule has 2 aromatic rings. The van der Waals surface area contributed by atoms with Crippen LogP contribution in [0.25, 0.3) is 0 Å². The normalized spacial score (nSPS) is 21.2. The molecular weight excluding hydrogens is 262 g/mol. The van der Waals surface area contributed by atoms with Gasteiger partial charge in [0.05, 0.1) is 11.6 Å². The van der Waals surface area contributed by atoms with Crippen molar-refractivity contribution in [3.8, 4) is 0 Å². The van der Waals surface area contributed by atoms with Crippen LogP contribution in [-0.4, -0.2) is 29.3 Å². The molecule has 0 radical (unpaired) electrons. The summed E-state index contributed by atoms with van der Waals surface area (Å²) in [4.78, 5) is 15.2. The van der Waals surface area contributed by atoms with Crippen LogP contribution >= 0.6 is 0 Å². The highest BCUT2D eigenvalue weighted by Crippen LogP contribution is 2.38. The number of rotatable bonds is 1. The highest BCUT2D eigenvalue weighted by Gasteiger charge is 2.35. The lowest BCUT2D eigenvalue weighted by Crippen LogP contribution is -2.39. The summed E-state index contributed by atoms with van der Waals surface area (Å²) >= 11 is 0. The summed E-state index contributed by atoms with van der Waals surface area (Å²) in [6.45, 7) is 6.87. The zero-order chi connectivity index (χ0) is 15.1. The molecule has 1 aliphatic rings. The lowest BCUT2D eigenvalue weighted by molar-refractivity contribution is 0.0828. The Morgan fingerprint density at radius 1 is 1.29 bits per heavy atom. The maximum atomic E-state index is 13.0. The molecule has 0 fully saturated rings. The second-order valence-corrected chi connectivity index (χ2v) is 6.07. The van der Waals surface area contributed by atoms with Crippen LogP contribution in [0, 0.1) is 19.8 Å². The van der Waals surface area contributed by atoms with E-state index in [0.717, 1.165) is 29.2 Å². The van der Waals surface area contributed by atoms with Gasteiger partial charge in [0.1, 0.15) is 0 Å². The average molecular weight is 283 g/mol. The highest BCUT2D eigenvalue weighted by molar-refractivity contribution is 5.88. The fourth-order valence-corrected chi connectivity index (χ4v) is 3.40. The number of aryl methyl sites for hydroxylation is 2. The fraction of sp³-hybridized carbons (Fsp3) is 0.412. The van der Waals surface area contributed by atoms with E-state index in [0.29, 0.717) is 0 Å². The third kappa shape index (κ3) is 2.24. The lowest BCUT2D eigenvalue weighted by atomic mass is 9.82. The van der Waals surface area contributed by atoms with Gasteiger partial charge in [0, 0.05) is 25.0 Å². The molecule has 0 unspecified atom stereocenters. The summed E-state index contributed by atoms with van der Waals surface area (Å²) in [7, 11) is 2.08. The second-order valence-electron chi connectivity index (χ2n) is 6.07. The van der Waals surface area contributed by atoms with Gasteiger partial charge in [0.15, 0.2) is 0 Å². The van der Waals surface area contributed by atoms with Crippen molar-refractivity contribution in [3.63, 3.8) is 0 Å². The summed E-state index contributed by atoms with van der Waals surface area (Å²) in [5.74, 6) is 0.213. The van der Waals surface area contributed by atoms with Gasteiger partial charge in [-0.15, -0.1) is 0 Å². The first-order chi connectivity index (χ1) is 9.99. The number of nitrogens with zero attached hydrogens (tertiary/aromatic N) is 3. The smallest absolute Gasteiger partial charge is 0.255 e. The maximum Gasteiger partial charge on any atom is 0.255 e. The van der Waals surface area contributed by atoms with Crippen LogP contribution in [0.4, 0.5) is 5.69 Å². The first-order valence-corrected chi connectivity index (χ1v) is 7.36. The van der Waals surface area contributed by atoms with Gasteiger partial charge in [-0.2, -0.15) is 5.10 Å². The summed E-state index contributed by atoms with van der Waals surface area (Å²) in [5.41, 5.74) is 4.04. The number of hydrogen-bond donors (Lipinski definition) is 0. The van der Waals surface area contributed by atoms with Crippen LogP contribution in [0.5, 0.6) is 0 Å². The topological polar surface area (TPSA) is 38.1 Å². The Labute approximate surface area is 125 Å². The number of para-hydroxylation sites is 1. The molecule has 2 atom stereocenters. The van der Waals surface area contributed by atoms with Crippen LogP contribution in [0.3, 0.4) is 0 Å². The molecule has 110 valence electrons. The highest BCUT2D eigenvalue weighted by atomic mass is 16.2. The molecule has 4 heteroatoms. The zero-order valence-corrected chi connectivity index (χ0v) is 13.0. The number of hydrogen-bond acceptors (Lipinski definition) is 3. The van der Waals surface area contributed by atoms with Crippen LogP contribution in [-0.2, 0) is 0 Å². The largest absolute Gasteiger partial charge is 0.374 e. The summed E-state index contributed by atoms with van der Waals surface area (Å²) in [6.07, 6.45) is 0. The van der Waals surface area contributed by atoms with Gasteiger partial charge in [0.25, 0.3) is 5.91 Å². The maximum absolute atomic E-state index is 13.0. The minimum Gasteiger partial charge on any atom is -0.374 e. The van der Waals surface area contributed by atoms with E-state index >= 15 is 0 Å². The summed E-state index contributed by atoms with van der Waals surface area (Å²) in [5, 5.41) is 4.37. The van der Waals surface area contributed by atoms with Crippen molar-refractivity contribution in [1.29, 1.82) is 0 Å². The van der Waals surface area contributed by atoms with Crippen LogP contribution in [0.15, 0.2) is 30.3 Å². The first-order valence-electron chi connectivity index (χ1n) is 7.36. The van der Waals surface area contributed by atoms with E-state index in [2.05, 4.69) is 36.1 Å². The van der Waals surface area contributed by atoms with Crippen molar-refractivity contribution in [2.24, 2.45) is 5.92 Å². The predicted molar refractivity (Wildman–Crippen MR) is 83.9 cm³/mol. The number of anilines is 1. The Hall–Kier alpha value is -2.10. The quantitative estimate of drug-likeness (QED) is 0.807. The van der Waals surface area contributed by atoms with Gasteiger partial charge in [-0.25, -0.2) is 4.68 Å². The first kappa shape index (κ1) is 13.9. The number of carbonyl (C=O) groups is 1. The van der Waals surface area contributed by atoms with E-state index in [1.807, 2.05) is 32.0 Å². The third-order valence-electron chi connectivity index (χ3n) is 4.30. The van der Waals surface area contributed by atoms with E-state index in [4.69, 9.17) is 0 Å². The molecule has 21 heavy (non-hydrogen) atoms. The standard InChI is InChI=1S/C17H21N3O/c1-11-10-19(4)15-8-6-5-7-14(15)16(11)17(21)20-13(3)9-12(2)18-20/h5-9,11,16H,10H2,1-4H3/t11-,16+/m0/s1. The SMILES string of the molecule is Cc1cc(C)n(C(=O)[C@H]2c3ccccc3N(C)C[C@@H]2C)n1. The predicted octanol–water partition coefficient (Wildman–Crippen LogP) is 3.01. The minimum absolute atomic E-state index is 0.0775. The van der Waals surface area contributed by atoms with Crippen LogP contribution in [0.2, 0.25) is 0 Å². The van der Waals surface area contributed by atoms with Gasteiger partial charge in [-0.1, -0.05) is 25.1 Å². The number of benzene rings is 1. The van der Waals surface area contributed by atoms with Crippen LogP contribution < -0.4 is 4.90 Å². The molecule has 1 aromatic heterocycles. The number of carbonyl (C=O) groups excluding carboxylic acids is 1. The molecule has 0 bridgehead atoms. The molecule has 2 heterocycles. The molecule has 0 saturated carbocycles. The Morgan fingerprint density at radius 3 is 2.67 bits per heavy atom. The van der Waals surface area contributed by atoms with Crippen molar-refractivity contribution >= 4 is 11.6 Å². The molecule has 0 aliphatic carbocycles. The Bertz CT molecular complexity index is 689. The van der Waals surface area contributed by atoms with Crippen LogP contribution in [0.1, 0.15) is 34.6 Å². The molecule has 1 aromatic carbocycles. The number of aromatic nitrogens is 2. The van der Waals surface area contributed by atoms with E-state index in [1.54, 1.807) is 4.68 Å². The Morgan fingerprint density at radius 2 is 2.00 bits per heavy atom. The lowest BCUT2D eigenvalue weighted by Gasteiger charge is -2.37. The molecule has 0 N–H and O–H groups in total. The van der Waals surface area contributed by atoms with Gasteiger partial charge in [-0.05, 0) is 37.5 Å². The second kappa shape index (κ2) is 5.02. The molecule has 1 aliphatic heterocycles. The van der Waals surface area contributed by atoms with E-state index in [1.165, 1.54) is 0 Å². The molecule has 0 spiro atoms. The van der Waals surface area contributed by atoms with Crippen molar-refractivity contribution in [2.45, 2.75) is 26.7 Å². The summed E-state index contributed by atoms with van der Waals surface area (Å²) < 4.78 is 1.57. The van der Waals surface area contributed by atoms with Crippen molar-refractivity contribution < 1.29 is 4.79 Å². The van der Waals surface area contributed by atoms with Gasteiger partial charge < -0.3 is 4.90 Å². The molecule has 3 rings (SSSR count). The van der Waals surface area contributed by atoms with Crippen molar-refractivity contribution in [2.75, 3.05) is 18.5 Å². The average Bonchev–Trinajstić information content (AvgIpc) is 2.77. The third-order valence-corrected chi connectivity index (χ3v) is 4.30. The summed E-state index contributed by atoms with van der Waals surface area (Å²) in [6, 6.07) is 10.1. The number of fused-ring (bicyclic) bond motifs is 1. The minimum atomic E-state index is -0.129. The van der Waals surface area contributed by atoms with E-state index in [9.17, 15) is 4.79 Å². The van der Waals surface area contributed by atoms with Crippen molar-refractivity contribution in [1.82, 2.24) is 9.78 Å². The molecular formula is C17H21N3O. The van der Waals surface area contributed by atoms with E-state index in [-0.39, 0.29) is 17.7 Å². The van der Waals surface area contributed by atoms with E-state index < -0.39 is 0 Å². The monoisotopic (exact) mass is 283 g/mol. The van der Waals surface area contributed by atoms with Gasteiger partial charge >= 0.3 is 0 Å². The molecule has 0 saturated heterocycles. The Kier molecular flexibility index (Phi) is 3.32. The fourth-order valence-electron chi connectivity index (χ4n) is 3.40. The Balaban J connectivity index is 2.07. The van der Waals surface area contributed by atoms with Gasteiger partial charge in [-0.3, -0.25) is 4.79 Å².